The number of carbonyl (C=O) groups is 1. The largest absolute Gasteiger partial charge is 0.461 e. The van der Waals surface area contributed by atoms with Crippen molar-refractivity contribution < 1.29 is 9.53 Å². The minimum absolute atomic E-state index is 0.323. The van der Waals surface area contributed by atoms with Gasteiger partial charge >= 0.3 is 5.97 Å². The number of aromatic nitrogens is 3. The van der Waals surface area contributed by atoms with Crippen molar-refractivity contribution in [3.8, 4) is 0 Å². The Labute approximate surface area is 130 Å². The number of thiazole rings is 1. The number of hydrogen-bond acceptors (Lipinski definition) is 7. The highest BCUT2D eigenvalue weighted by Crippen LogP contribution is 2.36. The standard InChI is InChI=1S/C13H13ClN4O2S/c1-3-20-12(19)9-6-21-13(15-9)18-5-4-8-7(2)10(14)16-17-11(8)18/h6H,3-5H2,1-2H3. The number of anilines is 2. The lowest BCUT2D eigenvalue weighted by atomic mass is 10.1. The molecule has 0 spiro atoms. The van der Waals surface area contributed by atoms with Gasteiger partial charge < -0.3 is 9.64 Å². The zero-order chi connectivity index (χ0) is 15.0. The molecular formula is C13H13ClN4O2S. The Morgan fingerprint density at radius 2 is 2.33 bits per heavy atom. The van der Waals surface area contributed by atoms with Crippen molar-refractivity contribution >= 4 is 39.9 Å². The summed E-state index contributed by atoms with van der Waals surface area (Å²) in [5.74, 6) is 0.361. The van der Waals surface area contributed by atoms with Gasteiger partial charge in [-0.05, 0) is 25.8 Å². The minimum atomic E-state index is -0.405. The van der Waals surface area contributed by atoms with Crippen LogP contribution in [0, 0.1) is 6.92 Å². The van der Waals surface area contributed by atoms with E-state index in [4.69, 9.17) is 16.3 Å². The number of halogens is 1. The molecular weight excluding hydrogens is 312 g/mol. The van der Waals surface area contributed by atoms with Gasteiger partial charge in [-0.15, -0.1) is 21.5 Å². The lowest BCUT2D eigenvalue weighted by Crippen LogP contribution is -2.15. The summed E-state index contributed by atoms with van der Waals surface area (Å²) in [7, 11) is 0. The SMILES string of the molecule is CCOC(=O)c1csc(N2CCc3c2nnc(Cl)c3C)n1. The lowest BCUT2D eigenvalue weighted by Gasteiger charge is -2.14. The molecule has 0 saturated heterocycles. The van der Waals surface area contributed by atoms with E-state index in [0.717, 1.165) is 29.9 Å². The number of carbonyl (C=O) groups excluding carboxylic acids is 1. The molecule has 1 aliphatic heterocycles. The zero-order valence-corrected chi connectivity index (χ0v) is 13.2. The molecule has 21 heavy (non-hydrogen) atoms. The van der Waals surface area contributed by atoms with Gasteiger partial charge in [0.2, 0.25) is 0 Å². The molecule has 0 fully saturated rings. The minimum Gasteiger partial charge on any atom is -0.461 e. The van der Waals surface area contributed by atoms with E-state index in [2.05, 4.69) is 15.2 Å². The Morgan fingerprint density at radius 3 is 3.10 bits per heavy atom. The third kappa shape index (κ3) is 2.47. The average Bonchev–Trinajstić information content (AvgIpc) is 3.09. The summed E-state index contributed by atoms with van der Waals surface area (Å²) >= 11 is 7.39. The molecule has 0 bridgehead atoms. The topological polar surface area (TPSA) is 68.2 Å². The van der Waals surface area contributed by atoms with Crippen LogP contribution in [0.15, 0.2) is 5.38 Å². The molecule has 2 aromatic heterocycles. The van der Waals surface area contributed by atoms with Gasteiger partial charge in [0.05, 0.1) is 6.61 Å². The fraction of sp³-hybridized carbons (Fsp3) is 0.385. The summed E-state index contributed by atoms with van der Waals surface area (Å²) in [6.45, 7) is 4.79. The molecule has 8 heteroatoms. The van der Waals surface area contributed by atoms with Crippen LogP contribution in [-0.2, 0) is 11.2 Å². The van der Waals surface area contributed by atoms with Crippen molar-refractivity contribution in [3.05, 3.63) is 27.4 Å². The highest BCUT2D eigenvalue weighted by molar-refractivity contribution is 7.14. The molecule has 6 nitrogen and oxygen atoms in total. The lowest BCUT2D eigenvalue weighted by molar-refractivity contribution is 0.0520. The number of fused-ring (bicyclic) bond motifs is 1. The van der Waals surface area contributed by atoms with E-state index in [-0.39, 0.29) is 0 Å². The maximum absolute atomic E-state index is 11.7. The smallest absolute Gasteiger partial charge is 0.357 e. The van der Waals surface area contributed by atoms with Crippen molar-refractivity contribution in [2.24, 2.45) is 0 Å². The molecule has 0 atom stereocenters. The van der Waals surface area contributed by atoms with Gasteiger partial charge in [-0.2, -0.15) is 0 Å². The van der Waals surface area contributed by atoms with Gasteiger partial charge in [0.15, 0.2) is 21.8 Å². The third-order valence-corrected chi connectivity index (χ3v) is 4.54. The van der Waals surface area contributed by atoms with E-state index in [1.54, 1.807) is 12.3 Å². The molecule has 3 rings (SSSR count). The van der Waals surface area contributed by atoms with Crippen molar-refractivity contribution in [3.63, 3.8) is 0 Å². The molecule has 0 N–H and O–H groups in total. The zero-order valence-electron chi connectivity index (χ0n) is 11.6. The molecule has 0 aromatic carbocycles. The van der Waals surface area contributed by atoms with E-state index in [0.29, 0.717) is 22.6 Å². The first-order valence-corrected chi connectivity index (χ1v) is 7.79. The number of nitrogens with zero attached hydrogens (tertiary/aromatic N) is 4. The summed E-state index contributed by atoms with van der Waals surface area (Å²) < 4.78 is 4.95. The monoisotopic (exact) mass is 324 g/mol. The molecule has 0 radical (unpaired) electrons. The van der Waals surface area contributed by atoms with Crippen molar-refractivity contribution in [2.75, 3.05) is 18.1 Å². The predicted octanol–water partition coefficient (Wildman–Crippen LogP) is 2.77. The van der Waals surface area contributed by atoms with Gasteiger partial charge in [-0.25, -0.2) is 9.78 Å². The summed E-state index contributed by atoms with van der Waals surface area (Å²) in [4.78, 5) is 18.0. The second-order valence-corrected chi connectivity index (χ2v) is 5.75. The first-order chi connectivity index (χ1) is 10.1. The Morgan fingerprint density at radius 1 is 1.52 bits per heavy atom. The van der Waals surface area contributed by atoms with Gasteiger partial charge in [0.25, 0.3) is 0 Å². The Bertz CT molecular complexity index is 703. The highest BCUT2D eigenvalue weighted by Gasteiger charge is 2.28. The van der Waals surface area contributed by atoms with E-state index >= 15 is 0 Å². The number of rotatable bonds is 3. The van der Waals surface area contributed by atoms with Gasteiger partial charge in [-0.1, -0.05) is 11.6 Å². The molecule has 3 heterocycles. The summed E-state index contributed by atoms with van der Waals surface area (Å²) in [5, 5.41) is 11.0. The Hall–Kier alpha value is -1.73. The molecule has 0 unspecified atom stereocenters. The van der Waals surface area contributed by atoms with Crippen molar-refractivity contribution in [1.82, 2.24) is 15.2 Å². The van der Waals surface area contributed by atoms with Crippen LogP contribution in [-0.4, -0.2) is 34.3 Å². The van der Waals surface area contributed by atoms with Crippen LogP contribution in [0.3, 0.4) is 0 Å². The van der Waals surface area contributed by atoms with Crippen molar-refractivity contribution in [1.29, 1.82) is 0 Å². The third-order valence-electron chi connectivity index (χ3n) is 3.31. The maximum atomic E-state index is 11.7. The quantitative estimate of drug-likeness (QED) is 0.809. The van der Waals surface area contributed by atoms with E-state index < -0.39 is 5.97 Å². The van der Waals surface area contributed by atoms with Crippen LogP contribution in [0.1, 0.15) is 28.5 Å². The normalized spacial score (nSPS) is 13.4. The van der Waals surface area contributed by atoms with Crippen LogP contribution in [0.5, 0.6) is 0 Å². The molecule has 2 aromatic rings. The Kier molecular flexibility index (Phi) is 3.77. The second kappa shape index (κ2) is 5.57. The van der Waals surface area contributed by atoms with Crippen LogP contribution < -0.4 is 4.90 Å². The molecule has 110 valence electrons. The predicted molar refractivity (Wildman–Crippen MR) is 80.6 cm³/mol. The van der Waals surface area contributed by atoms with Crippen LogP contribution in [0.4, 0.5) is 10.9 Å². The number of ether oxygens (including phenoxy) is 1. The van der Waals surface area contributed by atoms with Gasteiger partial charge in [-0.3, -0.25) is 0 Å². The molecule has 0 aliphatic carbocycles. The highest BCUT2D eigenvalue weighted by atomic mass is 35.5. The number of esters is 1. The first-order valence-electron chi connectivity index (χ1n) is 6.53. The van der Waals surface area contributed by atoms with E-state index in [1.807, 2.05) is 11.8 Å². The van der Waals surface area contributed by atoms with Crippen LogP contribution >= 0.6 is 22.9 Å². The van der Waals surface area contributed by atoms with Crippen LogP contribution in [0.2, 0.25) is 5.15 Å². The first kappa shape index (κ1) is 14.2. The van der Waals surface area contributed by atoms with E-state index in [9.17, 15) is 4.79 Å². The fourth-order valence-corrected chi connectivity index (χ4v) is 3.21. The summed E-state index contributed by atoms with van der Waals surface area (Å²) in [6.07, 6.45) is 0.838. The van der Waals surface area contributed by atoms with Crippen LogP contribution in [0.25, 0.3) is 0 Å². The fourth-order valence-electron chi connectivity index (χ4n) is 2.24. The average molecular weight is 325 g/mol. The number of hydrogen-bond donors (Lipinski definition) is 0. The van der Waals surface area contributed by atoms with E-state index in [1.165, 1.54) is 11.3 Å². The molecule has 0 amide bonds. The summed E-state index contributed by atoms with van der Waals surface area (Å²) in [5.41, 5.74) is 2.36. The van der Waals surface area contributed by atoms with Gasteiger partial charge in [0, 0.05) is 17.5 Å². The second-order valence-electron chi connectivity index (χ2n) is 4.56. The maximum Gasteiger partial charge on any atom is 0.357 e. The van der Waals surface area contributed by atoms with Crippen molar-refractivity contribution in [2.45, 2.75) is 20.3 Å². The molecule has 1 aliphatic rings. The van der Waals surface area contributed by atoms with Gasteiger partial charge in [0.1, 0.15) is 0 Å². The summed E-state index contributed by atoms with van der Waals surface area (Å²) in [6, 6.07) is 0. The molecule has 0 saturated carbocycles. The Balaban J connectivity index is 1.91.